The lowest BCUT2D eigenvalue weighted by atomic mass is 9.99. The summed E-state index contributed by atoms with van der Waals surface area (Å²) in [7, 11) is 1.91. The van der Waals surface area contributed by atoms with Crippen molar-refractivity contribution in [3.8, 4) is 11.1 Å². The number of hydrogen-bond donors (Lipinski definition) is 2. The molecule has 0 spiro atoms. The standard InChI is InChI=1S/C25H24N8O2/c1-32-14-18(13-26-32)20-5-3-2-4-15(20)6-9-21-29-23-17(10-16-11-22(34)31-24(16)35)12-27-33(23)25(30-21)28-19-7-8-19/h2-5,10,12-14,19H,6-9,11H2,1H3,(H,28,29,30)(H,31,34,35)/b16-10+. The highest BCUT2D eigenvalue weighted by molar-refractivity contribution is 6.15. The number of imide groups is 1. The summed E-state index contributed by atoms with van der Waals surface area (Å²) in [6.45, 7) is 0. The van der Waals surface area contributed by atoms with Gasteiger partial charge in [0.05, 0.1) is 18.8 Å². The van der Waals surface area contributed by atoms with Crippen molar-refractivity contribution in [2.24, 2.45) is 7.05 Å². The molecule has 0 unspecified atom stereocenters. The van der Waals surface area contributed by atoms with Gasteiger partial charge in [0, 0.05) is 42.4 Å². The van der Waals surface area contributed by atoms with Gasteiger partial charge in [0.15, 0.2) is 5.65 Å². The fourth-order valence-corrected chi connectivity index (χ4v) is 4.29. The van der Waals surface area contributed by atoms with Gasteiger partial charge in [-0.15, -0.1) is 0 Å². The van der Waals surface area contributed by atoms with E-state index in [-0.39, 0.29) is 18.2 Å². The summed E-state index contributed by atoms with van der Waals surface area (Å²) in [6, 6.07) is 8.67. The second kappa shape index (κ2) is 8.46. The molecular weight excluding hydrogens is 444 g/mol. The SMILES string of the molecule is Cn1cc(-c2ccccc2CCc2nc(NC3CC3)n3ncc(/C=C4\CC(=O)NC4=O)c3n2)cn1. The molecule has 4 heterocycles. The molecule has 35 heavy (non-hydrogen) atoms. The van der Waals surface area contributed by atoms with Gasteiger partial charge in [-0.25, -0.2) is 4.98 Å². The average molecular weight is 469 g/mol. The second-order valence-electron chi connectivity index (χ2n) is 9.00. The molecule has 0 radical (unpaired) electrons. The zero-order valence-corrected chi connectivity index (χ0v) is 19.2. The van der Waals surface area contributed by atoms with Crippen LogP contribution in [0, 0.1) is 0 Å². The number of carbonyl (C=O) groups is 2. The van der Waals surface area contributed by atoms with Crippen molar-refractivity contribution >= 4 is 29.5 Å². The molecule has 1 aliphatic heterocycles. The van der Waals surface area contributed by atoms with Gasteiger partial charge < -0.3 is 5.32 Å². The lowest BCUT2D eigenvalue weighted by molar-refractivity contribution is -0.124. The number of amides is 2. The van der Waals surface area contributed by atoms with E-state index in [9.17, 15) is 9.59 Å². The van der Waals surface area contributed by atoms with Gasteiger partial charge in [0.1, 0.15) is 5.82 Å². The minimum absolute atomic E-state index is 0.0619. The molecule has 0 bridgehead atoms. The lowest BCUT2D eigenvalue weighted by Crippen LogP contribution is -2.19. The predicted molar refractivity (Wildman–Crippen MR) is 129 cm³/mol. The van der Waals surface area contributed by atoms with Gasteiger partial charge in [0.25, 0.3) is 5.91 Å². The Morgan fingerprint density at radius 3 is 2.71 bits per heavy atom. The summed E-state index contributed by atoms with van der Waals surface area (Å²) < 4.78 is 3.47. The predicted octanol–water partition coefficient (Wildman–Crippen LogP) is 2.31. The molecule has 1 aromatic carbocycles. The number of fused-ring (bicyclic) bond motifs is 1. The topological polar surface area (TPSA) is 119 Å². The molecule has 1 saturated carbocycles. The highest BCUT2D eigenvalue weighted by Gasteiger charge is 2.26. The first kappa shape index (κ1) is 21.2. The van der Waals surface area contributed by atoms with Gasteiger partial charge in [-0.05, 0) is 36.5 Å². The molecule has 10 heteroatoms. The van der Waals surface area contributed by atoms with E-state index in [0.29, 0.717) is 41.0 Å². The molecule has 1 aliphatic carbocycles. The number of carbonyl (C=O) groups excluding carboxylic acids is 2. The summed E-state index contributed by atoms with van der Waals surface area (Å²) in [6.07, 6.45) is 10.9. The summed E-state index contributed by atoms with van der Waals surface area (Å²) in [5.41, 5.74) is 5.11. The molecule has 2 amide bonds. The van der Waals surface area contributed by atoms with Crippen LogP contribution in [0.1, 0.15) is 36.2 Å². The zero-order valence-electron chi connectivity index (χ0n) is 19.2. The van der Waals surface area contributed by atoms with Crippen LogP contribution in [0.5, 0.6) is 0 Å². The fraction of sp³-hybridized carbons (Fsp3) is 0.280. The van der Waals surface area contributed by atoms with E-state index in [1.54, 1.807) is 21.5 Å². The Balaban J connectivity index is 1.34. The fourth-order valence-electron chi connectivity index (χ4n) is 4.29. The van der Waals surface area contributed by atoms with Crippen molar-refractivity contribution in [3.05, 3.63) is 65.4 Å². The number of aryl methyl sites for hydroxylation is 3. The van der Waals surface area contributed by atoms with E-state index in [4.69, 9.17) is 9.97 Å². The van der Waals surface area contributed by atoms with E-state index < -0.39 is 0 Å². The van der Waals surface area contributed by atoms with E-state index >= 15 is 0 Å². The van der Waals surface area contributed by atoms with Crippen LogP contribution in [-0.2, 0) is 29.5 Å². The first-order chi connectivity index (χ1) is 17.0. The summed E-state index contributed by atoms with van der Waals surface area (Å²) in [4.78, 5) is 33.3. The Hall–Kier alpha value is -4.34. The molecule has 4 aromatic rings. The van der Waals surface area contributed by atoms with Crippen LogP contribution in [-0.4, -0.2) is 47.2 Å². The molecule has 2 N–H and O–H groups in total. The lowest BCUT2D eigenvalue weighted by Gasteiger charge is -2.10. The normalized spacial score (nSPS) is 16.9. The molecule has 2 fully saturated rings. The number of benzene rings is 1. The van der Waals surface area contributed by atoms with Crippen LogP contribution in [0.2, 0.25) is 0 Å². The van der Waals surface area contributed by atoms with E-state index in [2.05, 4.69) is 33.0 Å². The highest BCUT2D eigenvalue weighted by Crippen LogP contribution is 2.27. The van der Waals surface area contributed by atoms with Gasteiger partial charge in [-0.3, -0.25) is 19.6 Å². The maximum Gasteiger partial charge on any atom is 0.254 e. The molecule has 6 rings (SSSR count). The Bertz CT molecular complexity index is 1490. The third kappa shape index (κ3) is 4.30. The Kier molecular flexibility index (Phi) is 5.13. The monoisotopic (exact) mass is 468 g/mol. The van der Waals surface area contributed by atoms with Crippen LogP contribution in [0.25, 0.3) is 22.9 Å². The zero-order chi connectivity index (χ0) is 23.9. The van der Waals surface area contributed by atoms with Crippen molar-refractivity contribution in [1.29, 1.82) is 0 Å². The summed E-state index contributed by atoms with van der Waals surface area (Å²) in [5, 5.41) is 14.5. The minimum atomic E-state index is -0.369. The smallest absolute Gasteiger partial charge is 0.254 e. The summed E-state index contributed by atoms with van der Waals surface area (Å²) >= 11 is 0. The number of rotatable bonds is 7. The maximum absolute atomic E-state index is 12.1. The third-order valence-electron chi connectivity index (χ3n) is 6.23. The number of nitrogens with zero attached hydrogens (tertiary/aromatic N) is 6. The highest BCUT2D eigenvalue weighted by atomic mass is 16.2. The molecule has 3 aromatic heterocycles. The molecule has 10 nitrogen and oxygen atoms in total. The van der Waals surface area contributed by atoms with Crippen molar-refractivity contribution in [2.75, 3.05) is 5.32 Å². The molecule has 2 aliphatic rings. The first-order valence-corrected chi connectivity index (χ1v) is 11.7. The van der Waals surface area contributed by atoms with Gasteiger partial charge in [0.2, 0.25) is 11.9 Å². The van der Waals surface area contributed by atoms with Crippen LogP contribution in [0.15, 0.2) is 48.4 Å². The van der Waals surface area contributed by atoms with Crippen LogP contribution < -0.4 is 10.6 Å². The third-order valence-corrected chi connectivity index (χ3v) is 6.23. The van der Waals surface area contributed by atoms with E-state index in [1.807, 2.05) is 31.6 Å². The molecule has 176 valence electrons. The van der Waals surface area contributed by atoms with Crippen LogP contribution in [0.3, 0.4) is 0 Å². The van der Waals surface area contributed by atoms with Crippen LogP contribution >= 0.6 is 0 Å². The largest absolute Gasteiger partial charge is 0.351 e. The minimum Gasteiger partial charge on any atom is -0.351 e. The van der Waals surface area contributed by atoms with Gasteiger partial charge in [-0.2, -0.15) is 19.7 Å². The number of aromatic nitrogens is 6. The molecule has 1 saturated heterocycles. The van der Waals surface area contributed by atoms with E-state index in [0.717, 1.165) is 30.4 Å². The number of hydrogen-bond acceptors (Lipinski definition) is 7. The Labute approximate surface area is 201 Å². The molecule has 0 atom stereocenters. The van der Waals surface area contributed by atoms with Crippen LogP contribution in [0.4, 0.5) is 5.95 Å². The van der Waals surface area contributed by atoms with Crippen molar-refractivity contribution in [1.82, 2.24) is 34.7 Å². The van der Waals surface area contributed by atoms with Crippen molar-refractivity contribution in [3.63, 3.8) is 0 Å². The van der Waals surface area contributed by atoms with Gasteiger partial charge in [-0.1, -0.05) is 24.3 Å². The summed E-state index contributed by atoms with van der Waals surface area (Å²) in [5.74, 6) is 0.668. The maximum atomic E-state index is 12.1. The Morgan fingerprint density at radius 1 is 1.11 bits per heavy atom. The Morgan fingerprint density at radius 2 is 1.97 bits per heavy atom. The van der Waals surface area contributed by atoms with E-state index in [1.165, 1.54) is 5.56 Å². The van der Waals surface area contributed by atoms with Crippen molar-refractivity contribution in [2.45, 2.75) is 38.1 Å². The number of nitrogens with one attached hydrogen (secondary N) is 2. The van der Waals surface area contributed by atoms with Crippen molar-refractivity contribution < 1.29 is 9.59 Å². The quantitative estimate of drug-likeness (QED) is 0.316. The molecular formula is C25H24N8O2. The first-order valence-electron chi connectivity index (χ1n) is 11.7. The second-order valence-corrected chi connectivity index (χ2v) is 9.00. The number of anilines is 1. The average Bonchev–Trinajstić information content (AvgIpc) is 3.25. The van der Waals surface area contributed by atoms with Gasteiger partial charge >= 0.3 is 0 Å².